The van der Waals surface area contributed by atoms with Crippen LogP contribution in [0.4, 0.5) is 0 Å². The van der Waals surface area contributed by atoms with Gasteiger partial charge in [0.05, 0.1) is 35.9 Å². The van der Waals surface area contributed by atoms with Crippen molar-refractivity contribution in [3.8, 4) is 0 Å². The number of hydrogen-bond acceptors (Lipinski definition) is 7. The number of methoxy groups -OCH3 is 1. The Hall–Kier alpha value is -2.78. The topological polar surface area (TPSA) is 111 Å². The molecule has 0 radical (unpaired) electrons. The molecule has 3 amide bonds. The standard InChI is InChI=1S/C20H24N2O7/c1-12(10-27-2)21-17(23)11-29-20(26)13-5-6-15-16(8-13)19(25)22(18(15)24)9-14-4-3-7-28-14/h5-6,8,12,14H,3-4,7,9-11H2,1-2H3,(H,21,23). The highest BCUT2D eigenvalue weighted by molar-refractivity contribution is 6.22. The molecule has 0 aromatic heterocycles. The predicted octanol–water partition coefficient (Wildman–Crippen LogP) is 0.769. The van der Waals surface area contributed by atoms with E-state index in [1.54, 1.807) is 6.92 Å². The number of carbonyl (C=O) groups excluding carboxylic acids is 4. The van der Waals surface area contributed by atoms with Crippen LogP contribution in [0.2, 0.25) is 0 Å². The molecule has 0 bridgehead atoms. The van der Waals surface area contributed by atoms with Gasteiger partial charge in [-0.2, -0.15) is 0 Å². The fourth-order valence-electron chi connectivity index (χ4n) is 3.40. The van der Waals surface area contributed by atoms with Crippen LogP contribution in [-0.4, -0.2) is 74.2 Å². The molecule has 3 rings (SSSR count). The number of nitrogens with one attached hydrogen (secondary N) is 1. The minimum absolute atomic E-state index is 0.0987. The van der Waals surface area contributed by atoms with Crippen molar-refractivity contribution in [3.05, 3.63) is 34.9 Å². The van der Waals surface area contributed by atoms with Gasteiger partial charge in [0.1, 0.15) is 0 Å². The fraction of sp³-hybridized carbons (Fsp3) is 0.500. The molecule has 1 saturated heterocycles. The molecule has 9 heteroatoms. The Kier molecular flexibility index (Phi) is 6.60. The molecule has 9 nitrogen and oxygen atoms in total. The quantitative estimate of drug-likeness (QED) is 0.503. The van der Waals surface area contributed by atoms with Crippen molar-refractivity contribution >= 4 is 23.7 Å². The monoisotopic (exact) mass is 404 g/mol. The van der Waals surface area contributed by atoms with Gasteiger partial charge >= 0.3 is 5.97 Å². The molecule has 1 aromatic carbocycles. The third-order valence-corrected chi connectivity index (χ3v) is 4.78. The number of hydrogen-bond donors (Lipinski definition) is 1. The van der Waals surface area contributed by atoms with Gasteiger partial charge in [-0.25, -0.2) is 4.79 Å². The number of esters is 1. The minimum atomic E-state index is -0.750. The van der Waals surface area contributed by atoms with Crippen molar-refractivity contribution in [1.29, 1.82) is 0 Å². The van der Waals surface area contributed by atoms with E-state index in [0.717, 1.165) is 17.7 Å². The third kappa shape index (κ3) is 4.80. The first-order valence-corrected chi connectivity index (χ1v) is 9.48. The summed E-state index contributed by atoms with van der Waals surface area (Å²) in [5, 5.41) is 2.62. The molecule has 156 valence electrons. The maximum absolute atomic E-state index is 12.6. The molecular formula is C20H24N2O7. The molecule has 1 aromatic rings. The lowest BCUT2D eigenvalue weighted by atomic mass is 10.1. The van der Waals surface area contributed by atoms with E-state index in [1.165, 1.54) is 25.3 Å². The first-order chi connectivity index (χ1) is 13.9. The van der Waals surface area contributed by atoms with Crippen LogP contribution in [0.3, 0.4) is 0 Å². The molecule has 2 unspecified atom stereocenters. The van der Waals surface area contributed by atoms with Gasteiger partial charge in [-0.1, -0.05) is 0 Å². The first-order valence-electron chi connectivity index (χ1n) is 9.48. The molecule has 0 aliphatic carbocycles. The van der Waals surface area contributed by atoms with Crippen molar-refractivity contribution in [2.45, 2.75) is 31.9 Å². The highest BCUT2D eigenvalue weighted by atomic mass is 16.5. The Morgan fingerprint density at radius 3 is 2.72 bits per heavy atom. The molecule has 2 atom stereocenters. The van der Waals surface area contributed by atoms with Crippen molar-refractivity contribution in [2.75, 3.05) is 33.5 Å². The lowest BCUT2D eigenvalue weighted by Crippen LogP contribution is -2.38. The van der Waals surface area contributed by atoms with Gasteiger partial charge in [-0.15, -0.1) is 0 Å². The Bertz CT molecular complexity index is 817. The number of nitrogens with zero attached hydrogens (tertiary/aromatic N) is 1. The van der Waals surface area contributed by atoms with E-state index in [2.05, 4.69) is 5.32 Å². The molecule has 2 aliphatic heterocycles. The predicted molar refractivity (Wildman–Crippen MR) is 101 cm³/mol. The molecular weight excluding hydrogens is 380 g/mol. The second kappa shape index (κ2) is 9.15. The number of benzene rings is 1. The number of imide groups is 1. The second-order valence-corrected chi connectivity index (χ2v) is 7.12. The second-order valence-electron chi connectivity index (χ2n) is 7.12. The van der Waals surface area contributed by atoms with Crippen LogP contribution in [0.5, 0.6) is 0 Å². The maximum Gasteiger partial charge on any atom is 0.338 e. The summed E-state index contributed by atoms with van der Waals surface area (Å²) >= 11 is 0. The lowest BCUT2D eigenvalue weighted by molar-refractivity contribution is -0.125. The summed E-state index contributed by atoms with van der Waals surface area (Å²) in [6, 6.07) is 3.96. The van der Waals surface area contributed by atoms with Gasteiger partial charge in [0.2, 0.25) is 0 Å². The smallest absolute Gasteiger partial charge is 0.338 e. The Morgan fingerprint density at radius 1 is 1.28 bits per heavy atom. The lowest BCUT2D eigenvalue weighted by Gasteiger charge is -2.17. The molecule has 1 N–H and O–H groups in total. The molecule has 1 fully saturated rings. The summed E-state index contributed by atoms with van der Waals surface area (Å²) in [5.74, 6) is -2.06. The van der Waals surface area contributed by atoms with E-state index in [1.807, 2.05) is 0 Å². The molecule has 2 heterocycles. The SMILES string of the molecule is COCC(C)NC(=O)COC(=O)c1ccc2c(c1)C(=O)N(CC1CCCO1)C2=O. The van der Waals surface area contributed by atoms with Gasteiger partial charge in [-0.3, -0.25) is 19.3 Å². The van der Waals surface area contributed by atoms with E-state index in [9.17, 15) is 19.2 Å². The summed E-state index contributed by atoms with van der Waals surface area (Å²) < 4.78 is 15.4. The number of ether oxygens (including phenoxy) is 3. The van der Waals surface area contributed by atoms with Gasteiger partial charge in [0.15, 0.2) is 6.61 Å². The van der Waals surface area contributed by atoms with Crippen LogP contribution in [-0.2, 0) is 19.0 Å². The van der Waals surface area contributed by atoms with Gasteiger partial charge in [0.25, 0.3) is 17.7 Å². The fourth-order valence-corrected chi connectivity index (χ4v) is 3.40. The summed E-state index contributed by atoms with van der Waals surface area (Å²) in [6.07, 6.45) is 1.55. The van der Waals surface area contributed by atoms with Crippen LogP contribution in [0, 0.1) is 0 Å². The van der Waals surface area contributed by atoms with Crippen molar-refractivity contribution in [3.63, 3.8) is 0 Å². The Balaban J connectivity index is 1.61. The first kappa shape index (κ1) is 20.9. The van der Waals surface area contributed by atoms with Crippen LogP contribution in [0.1, 0.15) is 50.8 Å². The number of fused-ring (bicyclic) bond motifs is 1. The third-order valence-electron chi connectivity index (χ3n) is 4.78. The van der Waals surface area contributed by atoms with Crippen LogP contribution < -0.4 is 5.32 Å². The molecule has 2 aliphatic rings. The van der Waals surface area contributed by atoms with Crippen LogP contribution in [0.25, 0.3) is 0 Å². The van der Waals surface area contributed by atoms with E-state index >= 15 is 0 Å². The highest BCUT2D eigenvalue weighted by Crippen LogP contribution is 2.26. The number of amides is 3. The average Bonchev–Trinajstić information content (AvgIpc) is 3.29. The zero-order chi connectivity index (χ0) is 21.0. The van der Waals surface area contributed by atoms with Crippen LogP contribution >= 0.6 is 0 Å². The zero-order valence-electron chi connectivity index (χ0n) is 16.4. The van der Waals surface area contributed by atoms with Gasteiger partial charge < -0.3 is 19.5 Å². The van der Waals surface area contributed by atoms with Crippen molar-refractivity contribution < 1.29 is 33.4 Å². The normalized spacial score (nSPS) is 19.2. The van der Waals surface area contributed by atoms with E-state index in [0.29, 0.717) is 13.2 Å². The molecule has 0 saturated carbocycles. The molecule has 0 spiro atoms. The average molecular weight is 404 g/mol. The van der Waals surface area contributed by atoms with Crippen molar-refractivity contribution in [1.82, 2.24) is 10.2 Å². The summed E-state index contributed by atoms with van der Waals surface area (Å²) in [7, 11) is 1.52. The number of carbonyl (C=O) groups is 4. The largest absolute Gasteiger partial charge is 0.452 e. The minimum Gasteiger partial charge on any atom is -0.452 e. The highest BCUT2D eigenvalue weighted by Gasteiger charge is 2.38. The summed E-state index contributed by atoms with van der Waals surface area (Å²) in [5.41, 5.74) is 0.498. The van der Waals surface area contributed by atoms with E-state index < -0.39 is 30.3 Å². The maximum atomic E-state index is 12.6. The van der Waals surface area contributed by atoms with Crippen molar-refractivity contribution in [2.24, 2.45) is 0 Å². The van der Waals surface area contributed by atoms with Gasteiger partial charge in [0, 0.05) is 19.8 Å². The van der Waals surface area contributed by atoms with E-state index in [-0.39, 0.29) is 35.4 Å². The van der Waals surface area contributed by atoms with Gasteiger partial charge in [-0.05, 0) is 38.0 Å². The number of rotatable bonds is 8. The molecule has 29 heavy (non-hydrogen) atoms. The zero-order valence-corrected chi connectivity index (χ0v) is 16.4. The van der Waals surface area contributed by atoms with E-state index in [4.69, 9.17) is 14.2 Å². The summed E-state index contributed by atoms with van der Waals surface area (Å²) in [4.78, 5) is 50.4. The van der Waals surface area contributed by atoms with Crippen LogP contribution in [0.15, 0.2) is 18.2 Å². The summed E-state index contributed by atoms with van der Waals surface area (Å²) in [6.45, 7) is 2.47. The Morgan fingerprint density at radius 2 is 2.03 bits per heavy atom. The Labute approximate surface area is 168 Å².